The third-order valence-corrected chi connectivity index (χ3v) is 6.92. The molecule has 0 radical (unpaired) electrons. The number of aromatic nitrogens is 4. The number of imidazole rings is 1. The maximum Gasteiger partial charge on any atom is 0.409 e. The van der Waals surface area contributed by atoms with E-state index in [1.807, 2.05) is 13.0 Å². The fraction of sp³-hybridized carbons (Fsp3) is 0.308. The van der Waals surface area contributed by atoms with Gasteiger partial charge in [-0.2, -0.15) is 9.61 Å². The van der Waals surface area contributed by atoms with Crippen molar-refractivity contribution in [2.45, 2.75) is 19.0 Å². The molecule has 204 valence electrons. The van der Waals surface area contributed by atoms with Crippen molar-refractivity contribution >= 4 is 28.9 Å². The third-order valence-electron chi connectivity index (χ3n) is 6.92. The lowest BCUT2D eigenvalue weighted by atomic mass is 9.89. The number of hydrogen-bond donors (Lipinski definition) is 3. The van der Waals surface area contributed by atoms with Gasteiger partial charge < -0.3 is 30.7 Å². The van der Waals surface area contributed by atoms with Gasteiger partial charge in [0, 0.05) is 44.5 Å². The smallest absolute Gasteiger partial charge is 0.409 e. The number of pyridine rings is 1. The number of anilines is 3. The van der Waals surface area contributed by atoms with E-state index in [0.29, 0.717) is 30.2 Å². The standard InChI is InChI=1S/C26H28F2N8O3/c1-14-12-35(13-19(29)24(14)34(2)26(38)39-3)22-6-7-30-11-21(22)32-25-31-10-15-4-5-20(33-36(15)25)23-17(27)8-16(37)9-18(23)28/h4-11,14,19,24,37H,12-13,29H2,1-3H3,(H,31,32)/t14-,19+,24-/m0/s1. The largest absolute Gasteiger partial charge is 0.508 e. The minimum absolute atomic E-state index is 0.0292. The van der Waals surface area contributed by atoms with E-state index in [1.165, 1.54) is 22.6 Å². The Morgan fingerprint density at radius 2 is 1.95 bits per heavy atom. The second-order valence-electron chi connectivity index (χ2n) is 9.56. The molecule has 1 saturated heterocycles. The van der Waals surface area contributed by atoms with Gasteiger partial charge in [0.05, 0.1) is 53.7 Å². The van der Waals surface area contributed by atoms with Gasteiger partial charge in [0.1, 0.15) is 17.4 Å². The van der Waals surface area contributed by atoms with Crippen LogP contribution in [-0.2, 0) is 4.74 Å². The van der Waals surface area contributed by atoms with Crippen LogP contribution in [-0.4, -0.2) is 75.0 Å². The third kappa shape index (κ3) is 4.88. The van der Waals surface area contributed by atoms with E-state index in [4.69, 9.17) is 10.5 Å². The van der Waals surface area contributed by atoms with Crippen molar-refractivity contribution < 1.29 is 23.4 Å². The summed E-state index contributed by atoms with van der Waals surface area (Å²) in [5.41, 5.74) is 8.22. The molecule has 1 amide bonds. The maximum atomic E-state index is 14.5. The summed E-state index contributed by atoms with van der Waals surface area (Å²) in [5, 5.41) is 17.1. The molecule has 1 aliphatic rings. The van der Waals surface area contributed by atoms with Gasteiger partial charge in [-0.3, -0.25) is 4.98 Å². The van der Waals surface area contributed by atoms with Crippen molar-refractivity contribution in [3.8, 4) is 17.0 Å². The van der Waals surface area contributed by atoms with Gasteiger partial charge in [-0.05, 0) is 24.1 Å². The first-order chi connectivity index (χ1) is 18.7. The van der Waals surface area contributed by atoms with E-state index in [9.17, 15) is 18.7 Å². The van der Waals surface area contributed by atoms with Crippen LogP contribution in [0.25, 0.3) is 16.8 Å². The zero-order chi connectivity index (χ0) is 27.8. The lowest BCUT2D eigenvalue weighted by molar-refractivity contribution is 0.0906. The fourth-order valence-corrected chi connectivity index (χ4v) is 5.23. The number of methoxy groups -OCH3 is 1. The van der Waals surface area contributed by atoms with Crippen LogP contribution >= 0.6 is 0 Å². The number of aromatic hydroxyl groups is 1. The van der Waals surface area contributed by atoms with Gasteiger partial charge in [-0.15, -0.1) is 0 Å². The van der Waals surface area contributed by atoms with Crippen molar-refractivity contribution in [2.75, 3.05) is 37.5 Å². The van der Waals surface area contributed by atoms with Crippen LogP contribution in [0.3, 0.4) is 0 Å². The van der Waals surface area contributed by atoms with Gasteiger partial charge in [-0.25, -0.2) is 18.6 Å². The van der Waals surface area contributed by atoms with E-state index >= 15 is 0 Å². The highest BCUT2D eigenvalue weighted by atomic mass is 19.1. The number of phenolic OH excluding ortho intramolecular Hbond substituents is 1. The van der Waals surface area contributed by atoms with Gasteiger partial charge in [0.25, 0.3) is 0 Å². The molecule has 0 spiro atoms. The monoisotopic (exact) mass is 538 g/mol. The molecule has 1 aromatic carbocycles. The average molecular weight is 539 g/mol. The molecular weight excluding hydrogens is 510 g/mol. The Bertz CT molecular complexity index is 1500. The Morgan fingerprint density at radius 3 is 2.64 bits per heavy atom. The maximum absolute atomic E-state index is 14.5. The SMILES string of the molecule is COC(=O)N(C)[C@@H]1[C@H](N)CN(c2ccncc2Nc2ncc3ccc(-c4c(F)cc(O)cc4F)nn23)C[C@@H]1C. The highest BCUT2D eigenvalue weighted by Gasteiger charge is 2.38. The molecule has 3 atom stereocenters. The van der Waals surface area contributed by atoms with Crippen molar-refractivity contribution in [3.05, 3.63) is 60.6 Å². The van der Waals surface area contributed by atoms with Crippen LogP contribution in [0.15, 0.2) is 48.9 Å². The number of benzene rings is 1. The van der Waals surface area contributed by atoms with Crippen molar-refractivity contribution in [3.63, 3.8) is 0 Å². The van der Waals surface area contributed by atoms with Crippen molar-refractivity contribution in [1.82, 2.24) is 24.5 Å². The molecule has 0 aliphatic carbocycles. The van der Waals surface area contributed by atoms with Gasteiger partial charge >= 0.3 is 6.09 Å². The minimum atomic E-state index is -0.935. The Balaban J connectivity index is 1.44. The molecule has 39 heavy (non-hydrogen) atoms. The molecule has 0 unspecified atom stereocenters. The summed E-state index contributed by atoms with van der Waals surface area (Å²) in [6.45, 7) is 3.11. The normalized spacial score (nSPS) is 19.2. The number of amides is 1. The van der Waals surface area contributed by atoms with E-state index in [2.05, 4.69) is 25.3 Å². The number of nitrogens with one attached hydrogen (secondary N) is 1. The number of fused-ring (bicyclic) bond motifs is 1. The van der Waals surface area contributed by atoms with Crippen LogP contribution in [0.4, 0.5) is 30.9 Å². The van der Waals surface area contributed by atoms with E-state index in [1.54, 1.807) is 31.7 Å². The first kappa shape index (κ1) is 26.1. The van der Waals surface area contributed by atoms with Crippen LogP contribution in [0, 0.1) is 17.6 Å². The summed E-state index contributed by atoms with van der Waals surface area (Å²) in [6, 6.07) is 6.08. The number of carbonyl (C=O) groups is 1. The molecular formula is C26H28F2N8O3. The van der Waals surface area contributed by atoms with E-state index < -0.39 is 23.5 Å². The number of carbonyl (C=O) groups excluding carboxylic acids is 1. The first-order valence-electron chi connectivity index (χ1n) is 12.2. The summed E-state index contributed by atoms with van der Waals surface area (Å²) in [6.07, 6.45) is 4.44. The lowest BCUT2D eigenvalue weighted by Crippen LogP contribution is -2.62. The molecule has 0 bridgehead atoms. The molecule has 4 N–H and O–H groups in total. The number of nitrogens with zero attached hydrogens (tertiary/aromatic N) is 6. The molecule has 11 nitrogen and oxygen atoms in total. The summed E-state index contributed by atoms with van der Waals surface area (Å²) in [4.78, 5) is 24.4. The molecule has 1 fully saturated rings. The van der Waals surface area contributed by atoms with Gasteiger partial charge in [0.2, 0.25) is 5.95 Å². The van der Waals surface area contributed by atoms with Crippen LogP contribution in [0.2, 0.25) is 0 Å². The number of halogens is 2. The summed E-state index contributed by atoms with van der Waals surface area (Å²) >= 11 is 0. The second kappa shape index (κ2) is 10.3. The Hall–Kier alpha value is -4.52. The van der Waals surface area contributed by atoms with Gasteiger partial charge in [-0.1, -0.05) is 6.92 Å². The Kier molecular flexibility index (Phi) is 6.91. The molecule has 3 aromatic heterocycles. The number of nitrogens with two attached hydrogens (primary N) is 1. The number of phenols is 1. The van der Waals surface area contributed by atoms with Crippen LogP contribution < -0.4 is 16.0 Å². The van der Waals surface area contributed by atoms with Gasteiger partial charge in [0.15, 0.2) is 0 Å². The predicted octanol–water partition coefficient (Wildman–Crippen LogP) is 3.37. The highest BCUT2D eigenvalue weighted by Crippen LogP contribution is 2.33. The zero-order valence-corrected chi connectivity index (χ0v) is 21.5. The minimum Gasteiger partial charge on any atom is -0.508 e. The number of rotatable bonds is 5. The Morgan fingerprint density at radius 1 is 1.21 bits per heavy atom. The van der Waals surface area contributed by atoms with Crippen LogP contribution in [0.5, 0.6) is 5.75 Å². The van der Waals surface area contributed by atoms with E-state index in [-0.39, 0.29) is 29.3 Å². The molecule has 0 saturated carbocycles. The number of piperidine rings is 1. The molecule has 5 rings (SSSR count). The summed E-state index contributed by atoms with van der Waals surface area (Å²) in [7, 11) is 3.02. The topological polar surface area (TPSA) is 134 Å². The zero-order valence-electron chi connectivity index (χ0n) is 21.5. The Labute approximate surface area is 222 Å². The van der Waals surface area contributed by atoms with Crippen molar-refractivity contribution in [1.29, 1.82) is 0 Å². The average Bonchev–Trinajstić information content (AvgIpc) is 3.29. The highest BCUT2D eigenvalue weighted by molar-refractivity contribution is 5.74. The van der Waals surface area contributed by atoms with E-state index in [0.717, 1.165) is 17.8 Å². The summed E-state index contributed by atoms with van der Waals surface area (Å²) in [5.74, 6) is -2.05. The van der Waals surface area contributed by atoms with Crippen LogP contribution in [0.1, 0.15) is 6.92 Å². The second-order valence-corrected chi connectivity index (χ2v) is 9.56. The number of likely N-dealkylation sites (N-methyl/N-ethyl adjacent to an activating group) is 1. The predicted molar refractivity (Wildman–Crippen MR) is 141 cm³/mol. The molecule has 1 aliphatic heterocycles. The lowest BCUT2D eigenvalue weighted by Gasteiger charge is -2.45. The number of hydrogen-bond acceptors (Lipinski definition) is 9. The number of ether oxygens (including phenoxy) is 1. The molecule has 4 aromatic rings. The quantitative estimate of drug-likeness (QED) is 0.350. The van der Waals surface area contributed by atoms with Crippen molar-refractivity contribution in [2.24, 2.45) is 11.7 Å². The summed E-state index contributed by atoms with van der Waals surface area (Å²) < 4.78 is 35.3. The fourth-order valence-electron chi connectivity index (χ4n) is 5.23. The molecule has 13 heteroatoms. The first-order valence-corrected chi connectivity index (χ1v) is 12.2. The molecule has 4 heterocycles.